The standard InChI is InChI=1S/C15H13ClN2O/c1-12-7-9-14(10-8-12)18(15(16)19)17-11-13-5-3-2-4-6-13/h2-11H,1H3/b17-11+. The number of hydrazone groups is 1. The van der Waals surface area contributed by atoms with E-state index in [0.717, 1.165) is 16.1 Å². The SMILES string of the molecule is Cc1ccc(N(/N=C/c2ccccc2)C(=O)Cl)cc1. The van der Waals surface area contributed by atoms with Crippen LogP contribution in [-0.4, -0.2) is 11.6 Å². The molecular weight excluding hydrogens is 260 g/mol. The maximum Gasteiger partial charge on any atom is 0.341 e. The molecule has 0 heterocycles. The zero-order chi connectivity index (χ0) is 13.7. The molecule has 4 heteroatoms. The molecule has 0 spiro atoms. The van der Waals surface area contributed by atoms with Gasteiger partial charge in [0.15, 0.2) is 0 Å². The van der Waals surface area contributed by atoms with Gasteiger partial charge in [-0.3, -0.25) is 4.79 Å². The summed E-state index contributed by atoms with van der Waals surface area (Å²) in [7, 11) is 0. The summed E-state index contributed by atoms with van der Waals surface area (Å²) in [5.74, 6) is 0. The lowest BCUT2D eigenvalue weighted by Gasteiger charge is -2.13. The zero-order valence-electron chi connectivity index (χ0n) is 10.5. The molecule has 2 aromatic rings. The molecule has 0 bridgehead atoms. The van der Waals surface area contributed by atoms with E-state index < -0.39 is 5.37 Å². The lowest BCUT2D eigenvalue weighted by Crippen LogP contribution is -2.19. The first-order valence-electron chi connectivity index (χ1n) is 5.82. The third kappa shape index (κ3) is 3.66. The molecule has 3 nitrogen and oxygen atoms in total. The van der Waals surface area contributed by atoms with Crippen molar-refractivity contribution in [2.45, 2.75) is 6.92 Å². The Morgan fingerprint density at radius 3 is 2.32 bits per heavy atom. The fraction of sp³-hybridized carbons (Fsp3) is 0.0667. The molecule has 0 radical (unpaired) electrons. The molecule has 0 saturated carbocycles. The Balaban J connectivity index is 2.24. The molecular formula is C15H13ClN2O. The number of anilines is 1. The highest BCUT2D eigenvalue weighted by Crippen LogP contribution is 2.17. The normalized spacial score (nSPS) is 10.6. The average molecular weight is 273 g/mol. The van der Waals surface area contributed by atoms with Gasteiger partial charge in [-0.1, -0.05) is 48.0 Å². The van der Waals surface area contributed by atoms with Gasteiger partial charge in [0.2, 0.25) is 0 Å². The van der Waals surface area contributed by atoms with Gasteiger partial charge in [0.05, 0.1) is 11.9 Å². The summed E-state index contributed by atoms with van der Waals surface area (Å²) in [6.07, 6.45) is 1.60. The Hall–Kier alpha value is -2.13. The van der Waals surface area contributed by atoms with E-state index in [9.17, 15) is 4.79 Å². The molecule has 0 fully saturated rings. The molecule has 0 unspecified atom stereocenters. The van der Waals surface area contributed by atoms with E-state index >= 15 is 0 Å². The van der Waals surface area contributed by atoms with Crippen LogP contribution in [0.3, 0.4) is 0 Å². The largest absolute Gasteiger partial charge is 0.341 e. The van der Waals surface area contributed by atoms with E-state index in [1.165, 1.54) is 0 Å². The van der Waals surface area contributed by atoms with Crippen LogP contribution < -0.4 is 5.01 Å². The quantitative estimate of drug-likeness (QED) is 0.357. The van der Waals surface area contributed by atoms with Gasteiger partial charge in [0.1, 0.15) is 0 Å². The van der Waals surface area contributed by atoms with E-state index in [2.05, 4.69) is 5.10 Å². The second kappa shape index (κ2) is 6.16. The van der Waals surface area contributed by atoms with Crippen LogP contribution in [0.4, 0.5) is 10.5 Å². The molecule has 0 aliphatic heterocycles. The second-order valence-electron chi connectivity index (χ2n) is 4.06. The third-order valence-electron chi connectivity index (χ3n) is 2.57. The van der Waals surface area contributed by atoms with Crippen molar-refractivity contribution in [1.82, 2.24) is 0 Å². The van der Waals surface area contributed by atoms with Gasteiger partial charge >= 0.3 is 5.37 Å². The van der Waals surface area contributed by atoms with Crippen molar-refractivity contribution in [3.63, 3.8) is 0 Å². The van der Waals surface area contributed by atoms with Crippen LogP contribution in [0.25, 0.3) is 0 Å². The lowest BCUT2D eigenvalue weighted by atomic mass is 10.2. The van der Waals surface area contributed by atoms with E-state index in [-0.39, 0.29) is 0 Å². The van der Waals surface area contributed by atoms with Crippen molar-refractivity contribution in [2.24, 2.45) is 5.10 Å². The summed E-state index contributed by atoms with van der Waals surface area (Å²) in [6.45, 7) is 1.98. The number of carbonyl (C=O) groups excluding carboxylic acids is 1. The summed E-state index contributed by atoms with van der Waals surface area (Å²) in [6, 6.07) is 16.9. The second-order valence-corrected chi connectivity index (χ2v) is 4.38. The smallest absolute Gasteiger partial charge is 0.253 e. The van der Waals surface area contributed by atoms with Gasteiger partial charge in [-0.25, -0.2) is 0 Å². The number of rotatable bonds is 3. The van der Waals surface area contributed by atoms with Gasteiger partial charge in [-0.15, -0.1) is 0 Å². The lowest BCUT2D eigenvalue weighted by molar-refractivity contribution is 0.264. The highest BCUT2D eigenvalue weighted by atomic mass is 35.5. The van der Waals surface area contributed by atoms with Crippen molar-refractivity contribution in [3.8, 4) is 0 Å². The van der Waals surface area contributed by atoms with Gasteiger partial charge < -0.3 is 0 Å². The van der Waals surface area contributed by atoms with E-state index in [0.29, 0.717) is 5.69 Å². The van der Waals surface area contributed by atoms with Crippen LogP contribution in [0.15, 0.2) is 59.7 Å². The summed E-state index contributed by atoms with van der Waals surface area (Å²) >= 11 is 5.56. The molecule has 1 amide bonds. The number of hydrogen-bond donors (Lipinski definition) is 0. The Morgan fingerprint density at radius 1 is 1.11 bits per heavy atom. The minimum atomic E-state index is -0.643. The molecule has 2 rings (SSSR count). The molecule has 0 aliphatic rings. The zero-order valence-corrected chi connectivity index (χ0v) is 11.2. The molecule has 0 N–H and O–H groups in total. The fourth-order valence-corrected chi connectivity index (χ4v) is 1.70. The first-order chi connectivity index (χ1) is 9.16. The summed E-state index contributed by atoms with van der Waals surface area (Å²) < 4.78 is 0. The average Bonchev–Trinajstić information content (AvgIpc) is 2.42. The first-order valence-corrected chi connectivity index (χ1v) is 6.20. The van der Waals surface area contributed by atoms with Crippen molar-refractivity contribution in [1.29, 1.82) is 0 Å². The van der Waals surface area contributed by atoms with Crippen molar-refractivity contribution < 1.29 is 4.79 Å². The minimum absolute atomic E-state index is 0.637. The van der Waals surface area contributed by atoms with Crippen LogP contribution in [0, 0.1) is 6.92 Å². The Labute approximate surface area is 117 Å². The summed E-state index contributed by atoms with van der Waals surface area (Å²) in [5, 5.41) is 4.64. The molecule has 0 atom stereocenters. The number of benzene rings is 2. The van der Waals surface area contributed by atoms with Crippen LogP contribution in [0.1, 0.15) is 11.1 Å². The van der Waals surface area contributed by atoms with E-state index in [1.807, 2.05) is 49.4 Å². The van der Waals surface area contributed by atoms with E-state index in [4.69, 9.17) is 11.6 Å². The van der Waals surface area contributed by atoms with Gasteiger partial charge in [0, 0.05) is 0 Å². The predicted molar refractivity (Wildman–Crippen MR) is 78.9 cm³/mol. The predicted octanol–water partition coefficient (Wildman–Crippen LogP) is 4.19. The highest BCUT2D eigenvalue weighted by molar-refractivity contribution is 6.66. The Morgan fingerprint density at radius 2 is 1.74 bits per heavy atom. The van der Waals surface area contributed by atoms with Crippen LogP contribution in [0.5, 0.6) is 0 Å². The molecule has 0 aliphatic carbocycles. The molecule has 2 aromatic carbocycles. The first kappa shape index (κ1) is 13.3. The summed E-state index contributed by atoms with van der Waals surface area (Å²) in [5.41, 5.74) is 2.65. The maximum atomic E-state index is 11.4. The molecule has 96 valence electrons. The number of nitrogens with zero attached hydrogens (tertiary/aromatic N) is 2. The van der Waals surface area contributed by atoms with Crippen LogP contribution in [0.2, 0.25) is 0 Å². The maximum absolute atomic E-state index is 11.4. The Kier molecular flexibility index (Phi) is 4.31. The highest BCUT2D eigenvalue weighted by Gasteiger charge is 2.11. The summed E-state index contributed by atoms with van der Waals surface area (Å²) in [4.78, 5) is 11.4. The molecule has 19 heavy (non-hydrogen) atoms. The van der Waals surface area contributed by atoms with E-state index in [1.54, 1.807) is 18.3 Å². The van der Waals surface area contributed by atoms with Crippen LogP contribution >= 0.6 is 11.6 Å². The van der Waals surface area contributed by atoms with Crippen LogP contribution in [-0.2, 0) is 0 Å². The molecule has 0 aromatic heterocycles. The fourth-order valence-electron chi connectivity index (χ4n) is 1.56. The van der Waals surface area contributed by atoms with Gasteiger partial charge in [-0.05, 0) is 36.2 Å². The van der Waals surface area contributed by atoms with Crippen molar-refractivity contribution in [2.75, 3.05) is 5.01 Å². The van der Waals surface area contributed by atoms with Crippen molar-refractivity contribution in [3.05, 3.63) is 65.7 Å². The molecule has 0 saturated heterocycles. The number of aryl methyl sites for hydroxylation is 1. The number of halogens is 1. The third-order valence-corrected chi connectivity index (χ3v) is 2.73. The Bertz CT molecular complexity index is 579. The number of amides is 1. The number of hydrogen-bond acceptors (Lipinski definition) is 2. The van der Waals surface area contributed by atoms with Gasteiger partial charge in [-0.2, -0.15) is 10.1 Å². The monoisotopic (exact) mass is 272 g/mol. The number of carbonyl (C=O) groups is 1. The topological polar surface area (TPSA) is 32.7 Å². The van der Waals surface area contributed by atoms with Crippen molar-refractivity contribution >= 4 is 28.9 Å². The van der Waals surface area contributed by atoms with Gasteiger partial charge in [0.25, 0.3) is 0 Å². The minimum Gasteiger partial charge on any atom is -0.253 e.